The first-order valence-electron chi connectivity index (χ1n) is 10.1. The summed E-state index contributed by atoms with van der Waals surface area (Å²) in [7, 11) is 0. The van der Waals surface area contributed by atoms with Crippen molar-refractivity contribution in [2.24, 2.45) is 23.2 Å². The Morgan fingerprint density at radius 2 is 1.75 bits per heavy atom. The average molecular weight is 386 g/mol. The number of para-hydroxylation sites is 2. The minimum absolute atomic E-state index is 0.0558. The summed E-state index contributed by atoms with van der Waals surface area (Å²) < 4.78 is 5.40. The summed E-state index contributed by atoms with van der Waals surface area (Å²) in [5.74, 6) is 1.34. The van der Waals surface area contributed by atoms with Gasteiger partial charge in [0.05, 0.1) is 11.3 Å². The average Bonchev–Trinajstić information content (AvgIpc) is 2.60. The number of hydrogen-bond acceptors (Lipinski definition) is 5. The molecule has 7 heteroatoms. The number of esters is 1. The van der Waals surface area contributed by atoms with E-state index in [1.54, 1.807) is 6.07 Å². The summed E-state index contributed by atoms with van der Waals surface area (Å²) in [5, 5.41) is 13.6. The summed E-state index contributed by atoms with van der Waals surface area (Å²) in [4.78, 5) is 35.5. The Hall–Kier alpha value is -2.44. The lowest BCUT2D eigenvalue weighted by Crippen LogP contribution is -2.47. The second-order valence-corrected chi connectivity index (χ2v) is 8.99. The molecule has 0 saturated heterocycles. The molecule has 1 aromatic carbocycles. The smallest absolute Gasteiger partial charge is 0.307 e. The molecule has 4 aliphatic rings. The molecule has 1 amide bonds. The molecule has 0 aliphatic heterocycles. The van der Waals surface area contributed by atoms with Gasteiger partial charge in [0.1, 0.15) is 5.69 Å². The van der Waals surface area contributed by atoms with E-state index in [9.17, 15) is 19.7 Å². The molecule has 4 saturated carbocycles. The lowest BCUT2D eigenvalue weighted by molar-refractivity contribution is -0.383. The Morgan fingerprint density at radius 1 is 1.18 bits per heavy atom. The van der Waals surface area contributed by atoms with Crippen molar-refractivity contribution in [1.29, 1.82) is 0 Å². The summed E-state index contributed by atoms with van der Waals surface area (Å²) in [5.41, 5.74) is -0.0373. The molecule has 0 unspecified atom stereocenters. The molecule has 0 radical (unpaired) electrons. The number of nitrogens with one attached hydrogen (secondary N) is 1. The van der Waals surface area contributed by atoms with Gasteiger partial charge in [0.2, 0.25) is 0 Å². The van der Waals surface area contributed by atoms with Crippen molar-refractivity contribution in [3.05, 3.63) is 34.4 Å². The first-order valence-corrected chi connectivity index (χ1v) is 10.1. The highest BCUT2D eigenvalue weighted by molar-refractivity contribution is 5.96. The Kier molecular flexibility index (Phi) is 4.85. The van der Waals surface area contributed by atoms with Crippen LogP contribution in [-0.2, 0) is 14.3 Å². The minimum atomic E-state index is -0.999. The number of anilines is 1. The third kappa shape index (κ3) is 3.75. The maximum absolute atomic E-state index is 12.6. The van der Waals surface area contributed by atoms with Crippen molar-refractivity contribution >= 4 is 23.3 Å². The summed E-state index contributed by atoms with van der Waals surface area (Å²) in [6.07, 6.45) is 6.61. The number of carbonyl (C=O) groups excluding carboxylic acids is 2. The second-order valence-electron chi connectivity index (χ2n) is 8.99. The standard InChI is InChI=1S/C21H26N2O5/c1-13(20(25)22-17-4-2-3-5-18(17)23(26)27)28-19(24)12-21-9-14-6-15(10-21)8-16(7-14)11-21/h2-5,13-16H,6-12H2,1H3,(H,22,25)/t13-,14?,15?,16?,21?/m1/s1. The van der Waals surface area contributed by atoms with Crippen LogP contribution in [0.3, 0.4) is 0 Å². The third-order valence-corrected chi connectivity index (χ3v) is 6.72. The first-order chi connectivity index (χ1) is 13.3. The van der Waals surface area contributed by atoms with Gasteiger partial charge in [0.25, 0.3) is 11.6 Å². The van der Waals surface area contributed by atoms with Crippen LogP contribution in [0.2, 0.25) is 0 Å². The molecule has 4 aliphatic carbocycles. The number of hydrogen-bond donors (Lipinski definition) is 1. The van der Waals surface area contributed by atoms with Crippen molar-refractivity contribution in [3.63, 3.8) is 0 Å². The molecule has 1 aromatic rings. The molecule has 1 atom stereocenters. The van der Waals surface area contributed by atoms with E-state index in [-0.39, 0.29) is 22.8 Å². The van der Waals surface area contributed by atoms with Gasteiger partial charge in [-0.3, -0.25) is 19.7 Å². The molecule has 0 spiro atoms. The van der Waals surface area contributed by atoms with Gasteiger partial charge in [-0.25, -0.2) is 0 Å². The molecule has 5 rings (SSSR count). The number of ether oxygens (including phenoxy) is 1. The largest absolute Gasteiger partial charge is 0.453 e. The summed E-state index contributed by atoms with van der Waals surface area (Å²) >= 11 is 0. The second kappa shape index (κ2) is 7.18. The topological polar surface area (TPSA) is 98.5 Å². The molecular formula is C21H26N2O5. The summed E-state index contributed by atoms with van der Waals surface area (Å²) in [6.45, 7) is 1.50. The van der Waals surface area contributed by atoms with Crippen molar-refractivity contribution in [1.82, 2.24) is 0 Å². The number of carbonyl (C=O) groups is 2. The molecule has 7 nitrogen and oxygen atoms in total. The van der Waals surface area contributed by atoms with E-state index in [1.165, 1.54) is 44.4 Å². The van der Waals surface area contributed by atoms with Gasteiger partial charge in [-0.15, -0.1) is 0 Å². The van der Waals surface area contributed by atoms with E-state index in [1.807, 2.05) is 0 Å². The lowest BCUT2D eigenvalue weighted by Gasteiger charge is -2.56. The van der Waals surface area contributed by atoms with Crippen molar-refractivity contribution < 1.29 is 19.2 Å². The van der Waals surface area contributed by atoms with Gasteiger partial charge in [-0.1, -0.05) is 12.1 Å². The van der Waals surface area contributed by atoms with Crippen LogP contribution in [0.1, 0.15) is 51.9 Å². The van der Waals surface area contributed by atoms with Gasteiger partial charge in [0.15, 0.2) is 6.10 Å². The molecule has 0 aromatic heterocycles. The van der Waals surface area contributed by atoms with Crippen LogP contribution in [0.15, 0.2) is 24.3 Å². The lowest BCUT2D eigenvalue weighted by atomic mass is 9.49. The summed E-state index contributed by atoms with van der Waals surface area (Å²) in [6, 6.07) is 5.91. The van der Waals surface area contributed by atoms with Gasteiger partial charge in [-0.2, -0.15) is 0 Å². The fourth-order valence-corrected chi connectivity index (χ4v) is 6.08. The Bertz CT molecular complexity index is 770. The molecule has 150 valence electrons. The molecule has 4 bridgehead atoms. The maximum atomic E-state index is 12.6. The van der Waals surface area contributed by atoms with Gasteiger partial charge >= 0.3 is 5.97 Å². The van der Waals surface area contributed by atoms with Crippen LogP contribution >= 0.6 is 0 Å². The number of nitro groups is 1. The zero-order chi connectivity index (χ0) is 19.9. The number of nitrogens with zero attached hydrogens (tertiary/aromatic N) is 1. The Morgan fingerprint density at radius 3 is 2.32 bits per heavy atom. The van der Waals surface area contributed by atoms with E-state index in [0.717, 1.165) is 37.0 Å². The van der Waals surface area contributed by atoms with E-state index >= 15 is 0 Å². The maximum Gasteiger partial charge on any atom is 0.307 e. The highest BCUT2D eigenvalue weighted by Crippen LogP contribution is 2.61. The van der Waals surface area contributed by atoms with Crippen LogP contribution in [0.5, 0.6) is 0 Å². The number of amides is 1. The van der Waals surface area contributed by atoms with Gasteiger partial charge in [0, 0.05) is 6.07 Å². The van der Waals surface area contributed by atoms with Crippen LogP contribution in [-0.4, -0.2) is 22.9 Å². The predicted molar refractivity (Wildman–Crippen MR) is 103 cm³/mol. The fraction of sp³-hybridized carbons (Fsp3) is 0.619. The normalized spacial score (nSPS) is 31.2. The molecule has 28 heavy (non-hydrogen) atoms. The highest BCUT2D eigenvalue weighted by atomic mass is 16.6. The SMILES string of the molecule is C[C@@H](OC(=O)CC12CC3CC(CC(C3)C1)C2)C(=O)Nc1ccccc1[N+](=O)[O-]. The zero-order valence-corrected chi connectivity index (χ0v) is 16.1. The van der Waals surface area contributed by atoms with E-state index in [2.05, 4.69) is 5.32 Å². The number of benzene rings is 1. The van der Waals surface area contributed by atoms with E-state index in [4.69, 9.17) is 4.74 Å². The van der Waals surface area contributed by atoms with Crippen molar-refractivity contribution in [3.8, 4) is 0 Å². The van der Waals surface area contributed by atoms with Crippen molar-refractivity contribution in [2.45, 2.75) is 58.0 Å². The molecule has 4 fully saturated rings. The van der Waals surface area contributed by atoms with E-state index in [0.29, 0.717) is 6.42 Å². The van der Waals surface area contributed by atoms with Gasteiger partial charge in [-0.05, 0) is 74.7 Å². The Balaban J connectivity index is 1.35. The third-order valence-electron chi connectivity index (χ3n) is 6.72. The minimum Gasteiger partial charge on any atom is -0.453 e. The highest BCUT2D eigenvalue weighted by Gasteiger charge is 2.51. The van der Waals surface area contributed by atoms with Crippen LogP contribution in [0, 0.1) is 33.3 Å². The van der Waals surface area contributed by atoms with Crippen LogP contribution < -0.4 is 5.32 Å². The van der Waals surface area contributed by atoms with E-state index < -0.39 is 16.9 Å². The molecule has 1 N–H and O–H groups in total. The predicted octanol–water partition coefficient (Wildman–Crippen LogP) is 4.07. The fourth-order valence-electron chi connectivity index (χ4n) is 6.08. The number of rotatable bonds is 6. The molecule has 0 heterocycles. The Labute approximate surface area is 164 Å². The monoisotopic (exact) mass is 386 g/mol. The molecular weight excluding hydrogens is 360 g/mol. The zero-order valence-electron chi connectivity index (χ0n) is 16.1. The van der Waals surface area contributed by atoms with Crippen LogP contribution in [0.4, 0.5) is 11.4 Å². The van der Waals surface area contributed by atoms with Gasteiger partial charge < -0.3 is 10.1 Å². The quantitative estimate of drug-likeness (QED) is 0.451. The van der Waals surface area contributed by atoms with Crippen LogP contribution in [0.25, 0.3) is 0 Å². The first kappa shape index (κ1) is 18.9. The number of nitro benzene ring substituents is 1. The van der Waals surface area contributed by atoms with Crippen molar-refractivity contribution in [2.75, 3.05) is 5.32 Å².